The molecule has 0 amide bonds. The zero-order valence-electron chi connectivity index (χ0n) is 8.41. The Balaban J connectivity index is 2.72. The Morgan fingerprint density at radius 2 is 2.29 bits per heavy atom. The first kappa shape index (κ1) is 8.81. The second kappa shape index (κ2) is 3.18. The van der Waals surface area contributed by atoms with Gasteiger partial charge in [-0.2, -0.15) is 0 Å². The number of imidazole rings is 1. The minimum absolute atomic E-state index is 0.900. The van der Waals surface area contributed by atoms with Gasteiger partial charge in [0.1, 0.15) is 5.65 Å². The Labute approximate surface area is 83.1 Å². The summed E-state index contributed by atoms with van der Waals surface area (Å²) in [7, 11) is 1.87. The van der Waals surface area contributed by atoms with Crippen molar-refractivity contribution in [2.24, 2.45) is 0 Å². The van der Waals surface area contributed by atoms with E-state index in [4.69, 9.17) is 0 Å². The number of rotatable bonds is 2. The van der Waals surface area contributed by atoms with Crippen LogP contribution in [0.3, 0.4) is 0 Å². The normalized spacial score (nSPS) is 10.4. The third-order valence-corrected chi connectivity index (χ3v) is 2.26. The van der Waals surface area contributed by atoms with Crippen molar-refractivity contribution >= 4 is 11.3 Å². The minimum Gasteiger partial charge on any atom is -0.387 e. The van der Waals surface area contributed by atoms with Crippen LogP contribution in [0.25, 0.3) is 11.3 Å². The number of pyridine rings is 1. The molecular formula is C11H13N3. The second-order valence-corrected chi connectivity index (χ2v) is 3.30. The molecule has 2 heterocycles. The summed E-state index contributed by atoms with van der Waals surface area (Å²) < 4.78 is 2.02. The van der Waals surface area contributed by atoms with Gasteiger partial charge < -0.3 is 5.32 Å². The highest BCUT2D eigenvalue weighted by Crippen LogP contribution is 2.14. The lowest BCUT2D eigenvalue weighted by Crippen LogP contribution is -2.07. The van der Waals surface area contributed by atoms with Gasteiger partial charge in [-0.3, -0.25) is 4.40 Å². The number of nitrogens with one attached hydrogen (secondary N) is 1. The molecule has 0 bridgehead atoms. The lowest BCUT2D eigenvalue weighted by atomic mass is 10.2. The third kappa shape index (κ3) is 1.27. The van der Waals surface area contributed by atoms with Gasteiger partial charge in [0, 0.05) is 19.4 Å². The fourth-order valence-electron chi connectivity index (χ4n) is 1.52. The van der Waals surface area contributed by atoms with Crippen molar-refractivity contribution in [3.8, 4) is 0 Å². The highest BCUT2D eigenvalue weighted by atomic mass is 15.0. The fraction of sp³-hybridized carbons (Fsp3) is 0.182. The van der Waals surface area contributed by atoms with Crippen molar-refractivity contribution in [3.63, 3.8) is 0 Å². The number of nitrogens with zero attached hydrogens (tertiary/aromatic N) is 2. The summed E-state index contributed by atoms with van der Waals surface area (Å²) in [6, 6.07) is 4.14. The van der Waals surface area contributed by atoms with Gasteiger partial charge >= 0.3 is 0 Å². The van der Waals surface area contributed by atoms with Gasteiger partial charge in [-0.25, -0.2) is 4.98 Å². The SMILES string of the molecule is C=C(NC)c1cc(C)cc2nccn12. The van der Waals surface area contributed by atoms with E-state index in [0.717, 1.165) is 17.0 Å². The summed E-state index contributed by atoms with van der Waals surface area (Å²) in [5.74, 6) is 0. The standard InChI is InChI=1S/C11H13N3/c1-8-6-10(9(2)12-3)14-5-4-13-11(14)7-8/h4-7,12H,2H2,1,3H3. The highest BCUT2D eigenvalue weighted by Gasteiger charge is 2.04. The van der Waals surface area contributed by atoms with Gasteiger partial charge in [-0.1, -0.05) is 6.58 Å². The fourth-order valence-corrected chi connectivity index (χ4v) is 1.52. The van der Waals surface area contributed by atoms with Gasteiger partial charge in [0.2, 0.25) is 0 Å². The Hall–Kier alpha value is -1.77. The van der Waals surface area contributed by atoms with E-state index in [0.29, 0.717) is 0 Å². The summed E-state index contributed by atoms with van der Waals surface area (Å²) in [5.41, 5.74) is 4.10. The molecule has 0 saturated heterocycles. The maximum absolute atomic E-state index is 4.25. The van der Waals surface area contributed by atoms with Crippen LogP contribution in [0.5, 0.6) is 0 Å². The Kier molecular flexibility index (Phi) is 2.00. The van der Waals surface area contributed by atoms with E-state index in [1.54, 1.807) is 6.20 Å². The molecular weight excluding hydrogens is 174 g/mol. The molecule has 3 nitrogen and oxygen atoms in total. The molecule has 72 valence electrons. The molecule has 1 N–H and O–H groups in total. The number of fused-ring (bicyclic) bond motifs is 1. The largest absolute Gasteiger partial charge is 0.387 e. The van der Waals surface area contributed by atoms with Gasteiger partial charge in [0.05, 0.1) is 11.4 Å². The molecule has 0 aliphatic carbocycles. The summed E-state index contributed by atoms with van der Waals surface area (Å²) in [6.45, 7) is 6.01. The minimum atomic E-state index is 0.900. The van der Waals surface area contributed by atoms with Crippen molar-refractivity contribution in [2.45, 2.75) is 6.92 Å². The molecule has 2 rings (SSSR count). The molecule has 0 aliphatic heterocycles. The lowest BCUT2D eigenvalue weighted by Gasteiger charge is -2.09. The number of aromatic nitrogens is 2. The molecule has 0 unspecified atom stereocenters. The predicted octanol–water partition coefficient (Wildman–Crippen LogP) is 1.83. The summed E-state index contributed by atoms with van der Waals surface area (Å²) in [5, 5.41) is 3.05. The van der Waals surface area contributed by atoms with Crippen LogP contribution in [0.2, 0.25) is 0 Å². The van der Waals surface area contributed by atoms with Crippen LogP contribution >= 0.6 is 0 Å². The molecule has 0 radical (unpaired) electrons. The Morgan fingerprint density at radius 3 is 3.00 bits per heavy atom. The molecule has 0 fully saturated rings. The van der Waals surface area contributed by atoms with Crippen LogP contribution in [0.1, 0.15) is 11.3 Å². The molecule has 14 heavy (non-hydrogen) atoms. The zero-order chi connectivity index (χ0) is 10.1. The van der Waals surface area contributed by atoms with Crippen LogP contribution in [0.15, 0.2) is 31.1 Å². The third-order valence-electron chi connectivity index (χ3n) is 2.26. The summed E-state index contributed by atoms with van der Waals surface area (Å²) in [4.78, 5) is 4.25. The van der Waals surface area contributed by atoms with E-state index in [1.165, 1.54) is 5.56 Å². The van der Waals surface area contributed by atoms with Crippen LogP contribution in [-0.2, 0) is 0 Å². The summed E-state index contributed by atoms with van der Waals surface area (Å²) in [6.07, 6.45) is 3.73. The van der Waals surface area contributed by atoms with Crippen LogP contribution in [-0.4, -0.2) is 16.4 Å². The number of aryl methyl sites for hydroxylation is 1. The van der Waals surface area contributed by atoms with Gasteiger partial charge in [-0.15, -0.1) is 0 Å². The van der Waals surface area contributed by atoms with E-state index < -0.39 is 0 Å². The average Bonchev–Trinajstić information content (AvgIpc) is 2.62. The Bertz CT molecular complexity index is 482. The predicted molar refractivity (Wildman–Crippen MR) is 58.0 cm³/mol. The van der Waals surface area contributed by atoms with Crippen molar-refractivity contribution in [1.82, 2.24) is 14.7 Å². The molecule has 0 spiro atoms. The molecule has 0 atom stereocenters. The first-order valence-electron chi connectivity index (χ1n) is 4.53. The summed E-state index contributed by atoms with van der Waals surface area (Å²) >= 11 is 0. The number of hydrogen-bond donors (Lipinski definition) is 1. The Morgan fingerprint density at radius 1 is 1.50 bits per heavy atom. The van der Waals surface area contributed by atoms with E-state index in [-0.39, 0.29) is 0 Å². The lowest BCUT2D eigenvalue weighted by molar-refractivity contribution is 1.05. The molecule has 0 aromatic carbocycles. The molecule has 0 aliphatic rings. The first-order chi connectivity index (χ1) is 6.72. The van der Waals surface area contributed by atoms with E-state index in [2.05, 4.69) is 29.9 Å². The van der Waals surface area contributed by atoms with Crippen molar-refractivity contribution in [3.05, 3.63) is 42.4 Å². The van der Waals surface area contributed by atoms with Crippen molar-refractivity contribution in [1.29, 1.82) is 0 Å². The van der Waals surface area contributed by atoms with Gasteiger partial charge in [0.25, 0.3) is 0 Å². The smallest absolute Gasteiger partial charge is 0.137 e. The van der Waals surface area contributed by atoms with Crippen LogP contribution in [0, 0.1) is 6.92 Å². The molecule has 0 saturated carbocycles. The van der Waals surface area contributed by atoms with E-state index in [1.807, 2.05) is 23.7 Å². The van der Waals surface area contributed by atoms with Crippen molar-refractivity contribution in [2.75, 3.05) is 7.05 Å². The van der Waals surface area contributed by atoms with E-state index >= 15 is 0 Å². The van der Waals surface area contributed by atoms with Gasteiger partial charge in [-0.05, 0) is 24.6 Å². The monoisotopic (exact) mass is 187 g/mol. The molecule has 2 aromatic heterocycles. The van der Waals surface area contributed by atoms with Crippen molar-refractivity contribution < 1.29 is 0 Å². The quantitative estimate of drug-likeness (QED) is 0.777. The second-order valence-electron chi connectivity index (χ2n) is 3.30. The maximum Gasteiger partial charge on any atom is 0.137 e. The molecule has 3 heteroatoms. The maximum atomic E-state index is 4.25. The number of hydrogen-bond acceptors (Lipinski definition) is 2. The van der Waals surface area contributed by atoms with Crippen LogP contribution in [0.4, 0.5) is 0 Å². The van der Waals surface area contributed by atoms with Crippen LogP contribution < -0.4 is 5.32 Å². The molecule has 2 aromatic rings. The topological polar surface area (TPSA) is 29.3 Å². The van der Waals surface area contributed by atoms with Gasteiger partial charge in [0.15, 0.2) is 0 Å². The first-order valence-corrected chi connectivity index (χ1v) is 4.53. The highest BCUT2D eigenvalue weighted by molar-refractivity contribution is 5.62. The average molecular weight is 187 g/mol. The van der Waals surface area contributed by atoms with E-state index in [9.17, 15) is 0 Å². The zero-order valence-corrected chi connectivity index (χ0v) is 8.41.